The van der Waals surface area contributed by atoms with Crippen molar-refractivity contribution in [1.82, 2.24) is 5.32 Å². The molecule has 0 heterocycles. The lowest BCUT2D eigenvalue weighted by Crippen LogP contribution is -2.38. The van der Waals surface area contributed by atoms with E-state index in [-0.39, 0.29) is 5.91 Å². The summed E-state index contributed by atoms with van der Waals surface area (Å²) in [4.78, 5) is 12.3. The van der Waals surface area contributed by atoms with Gasteiger partial charge in [-0.3, -0.25) is 4.79 Å². The van der Waals surface area contributed by atoms with E-state index in [4.69, 9.17) is 4.74 Å². The summed E-state index contributed by atoms with van der Waals surface area (Å²) in [6.45, 7) is 4.62. The van der Waals surface area contributed by atoms with Crippen molar-refractivity contribution >= 4 is 5.91 Å². The average molecular weight is 311 g/mol. The van der Waals surface area contributed by atoms with E-state index < -0.39 is 6.10 Å². The van der Waals surface area contributed by atoms with Crippen molar-refractivity contribution in [1.29, 1.82) is 0 Å². The Hall–Kier alpha value is -2.29. The number of hydrogen-bond acceptors (Lipinski definition) is 2. The molecule has 1 atom stereocenters. The molecular formula is C20H25NO2. The van der Waals surface area contributed by atoms with Gasteiger partial charge in [0.15, 0.2) is 6.10 Å². The highest BCUT2D eigenvalue weighted by Gasteiger charge is 2.18. The fourth-order valence-corrected chi connectivity index (χ4v) is 2.43. The zero-order valence-corrected chi connectivity index (χ0v) is 13.9. The molecule has 0 saturated heterocycles. The molecule has 2 aromatic rings. The molecule has 0 saturated carbocycles. The van der Waals surface area contributed by atoms with E-state index in [1.54, 1.807) is 0 Å². The maximum atomic E-state index is 12.3. The molecule has 3 heteroatoms. The fourth-order valence-electron chi connectivity index (χ4n) is 2.43. The van der Waals surface area contributed by atoms with E-state index in [1.165, 1.54) is 5.56 Å². The summed E-state index contributed by atoms with van der Waals surface area (Å²) in [5.41, 5.74) is 2.34. The van der Waals surface area contributed by atoms with Gasteiger partial charge in [0, 0.05) is 6.54 Å². The van der Waals surface area contributed by atoms with Crippen LogP contribution >= 0.6 is 0 Å². The molecule has 122 valence electrons. The number of hydrogen-bond donors (Lipinski definition) is 1. The number of amides is 1. The van der Waals surface area contributed by atoms with Gasteiger partial charge in [-0.1, -0.05) is 55.5 Å². The van der Waals surface area contributed by atoms with Crippen molar-refractivity contribution in [2.45, 2.75) is 39.2 Å². The Kier molecular flexibility index (Phi) is 6.67. The minimum Gasteiger partial charge on any atom is -0.480 e. The van der Waals surface area contributed by atoms with Gasteiger partial charge < -0.3 is 10.1 Å². The minimum absolute atomic E-state index is 0.0381. The first-order valence-corrected chi connectivity index (χ1v) is 8.24. The molecule has 23 heavy (non-hydrogen) atoms. The minimum atomic E-state index is -0.437. The van der Waals surface area contributed by atoms with Crippen molar-refractivity contribution < 1.29 is 9.53 Å². The highest BCUT2D eigenvalue weighted by atomic mass is 16.5. The zero-order chi connectivity index (χ0) is 16.5. The summed E-state index contributed by atoms with van der Waals surface area (Å²) < 4.78 is 5.86. The summed E-state index contributed by atoms with van der Waals surface area (Å²) in [5, 5.41) is 2.98. The van der Waals surface area contributed by atoms with Gasteiger partial charge in [-0.25, -0.2) is 0 Å². The van der Waals surface area contributed by atoms with E-state index >= 15 is 0 Å². The number of rotatable bonds is 8. The number of nitrogens with one attached hydrogen (secondary N) is 1. The molecule has 2 aromatic carbocycles. The largest absolute Gasteiger partial charge is 0.480 e. The number of aryl methyl sites for hydroxylation is 2. The summed E-state index contributed by atoms with van der Waals surface area (Å²) in [6, 6.07) is 18.1. The molecule has 0 aliphatic heterocycles. The van der Waals surface area contributed by atoms with Crippen LogP contribution in [-0.2, 0) is 11.2 Å². The summed E-state index contributed by atoms with van der Waals surface area (Å²) in [7, 11) is 0. The average Bonchev–Trinajstić information content (AvgIpc) is 2.59. The summed E-state index contributed by atoms with van der Waals surface area (Å²) in [5.74, 6) is 0.739. The number of carbonyl (C=O) groups is 1. The van der Waals surface area contributed by atoms with E-state index in [1.807, 2.05) is 56.3 Å². The van der Waals surface area contributed by atoms with Gasteiger partial charge in [-0.2, -0.15) is 0 Å². The van der Waals surface area contributed by atoms with E-state index in [0.29, 0.717) is 13.0 Å². The van der Waals surface area contributed by atoms with Crippen molar-refractivity contribution in [3.8, 4) is 5.75 Å². The maximum absolute atomic E-state index is 12.3. The molecule has 0 spiro atoms. The van der Waals surface area contributed by atoms with Crippen LogP contribution in [0, 0.1) is 6.92 Å². The lowest BCUT2D eigenvalue weighted by atomic mass is 10.1. The van der Waals surface area contributed by atoms with Gasteiger partial charge in [0.05, 0.1) is 0 Å². The molecule has 1 N–H and O–H groups in total. The molecule has 0 bridgehead atoms. The first-order valence-electron chi connectivity index (χ1n) is 8.24. The van der Waals surface area contributed by atoms with Crippen LogP contribution < -0.4 is 10.1 Å². The third-order valence-corrected chi connectivity index (χ3v) is 3.81. The van der Waals surface area contributed by atoms with Crippen LogP contribution in [0.15, 0.2) is 54.6 Å². The molecule has 0 radical (unpaired) electrons. The smallest absolute Gasteiger partial charge is 0.261 e. The first-order chi connectivity index (χ1) is 11.2. The maximum Gasteiger partial charge on any atom is 0.261 e. The Morgan fingerprint density at radius 3 is 2.48 bits per heavy atom. The molecule has 1 amide bonds. The van der Waals surface area contributed by atoms with Crippen LogP contribution in [0.3, 0.4) is 0 Å². The second-order valence-corrected chi connectivity index (χ2v) is 5.66. The Bertz CT molecular complexity index is 610. The molecule has 0 aromatic heterocycles. The van der Waals surface area contributed by atoms with E-state index in [2.05, 4.69) is 17.4 Å². The normalized spacial score (nSPS) is 11.7. The predicted octanol–water partition coefficient (Wildman–Crippen LogP) is 3.90. The van der Waals surface area contributed by atoms with Crippen molar-refractivity contribution in [2.75, 3.05) is 6.54 Å². The number of para-hydroxylation sites is 1. The molecule has 3 nitrogen and oxygen atoms in total. The third-order valence-electron chi connectivity index (χ3n) is 3.81. The summed E-state index contributed by atoms with van der Waals surface area (Å²) in [6.07, 6.45) is 2.11. The van der Waals surface area contributed by atoms with Crippen LogP contribution in [0.25, 0.3) is 0 Å². The topological polar surface area (TPSA) is 38.3 Å². The Balaban J connectivity index is 1.77. The SMILES string of the molecule is CC[C@H](Oc1ccccc1C)C(=O)NCCCc1ccccc1. The second-order valence-electron chi connectivity index (χ2n) is 5.66. The standard InChI is InChI=1S/C20H25NO2/c1-3-18(23-19-14-8-7-10-16(19)2)20(22)21-15-9-13-17-11-5-4-6-12-17/h4-8,10-12,14,18H,3,9,13,15H2,1-2H3,(H,21,22)/t18-/m0/s1. The van der Waals surface area contributed by atoms with Gasteiger partial charge in [-0.05, 0) is 43.4 Å². The lowest BCUT2D eigenvalue weighted by molar-refractivity contribution is -0.128. The molecular weight excluding hydrogens is 286 g/mol. The predicted molar refractivity (Wildman–Crippen MR) is 93.7 cm³/mol. The van der Waals surface area contributed by atoms with Crippen molar-refractivity contribution in [3.05, 3.63) is 65.7 Å². The first kappa shape index (κ1) is 17.1. The van der Waals surface area contributed by atoms with E-state index in [0.717, 1.165) is 24.2 Å². The monoisotopic (exact) mass is 311 g/mol. The highest BCUT2D eigenvalue weighted by Crippen LogP contribution is 2.18. The quantitative estimate of drug-likeness (QED) is 0.751. The van der Waals surface area contributed by atoms with Gasteiger partial charge in [0.2, 0.25) is 0 Å². The molecule has 0 fully saturated rings. The third kappa shape index (κ3) is 5.44. The van der Waals surface area contributed by atoms with Gasteiger partial charge in [0.25, 0.3) is 5.91 Å². The molecule has 0 aliphatic rings. The number of carbonyl (C=O) groups excluding carboxylic acids is 1. The number of benzene rings is 2. The van der Waals surface area contributed by atoms with E-state index in [9.17, 15) is 4.79 Å². The second kappa shape index (κ2) is 8.99. The van der Waals surface area contributed by atoms with Gasteiger partial charge in [-0.15, -0.1) is 0 Å². The summed E-state index contributed by atoms with van der Waals surface area (Å²) >= 11 is 0. The Labute approximate surface area is 138 Å². The molecule has 2 rings (SSSR count). The number of ether oxygens (including phenoxy) is 1. The van der Waals surface area contributed by atoms with Gasteiger partial charge in [0.1, 0.15) is 5.75 Å². The van der Waals surface area contributed by atoms with Crippen molar-refractivity contribution in [3.63, 3.8) is 0 Å². The lowest BCUT2D eigenvalue weighted by Gasteiger charge is -2.18. The van der Waals surface area contributed by atoms with Crippen molar-refractivity contribution in [2.24, 2.45) is 0 Å². The highest BCUT2D eigenvalue weighted by molar-refractivity contribution is 5.81. The molecule has 0 unspecified atom stereocenters. The zero-order valence-electron chi connectivity index (χ0n) is 13.9. The van der Waals surface area contributed by atoms with Gasteiger partial charge >= 0.3 is 0 Å². The van der Waals surface area contributed by atoms with Crippen LogP contribution in [0.1, 0.15) is 30.9 Å². The van der Waals surface area contributed by atoms with Crippen LogP contribution in [0.2, 0.25) is 0 Å². The van der Waals surface area contributed by atoms with Crippen LogP contribution in [0.4, 0.5) is 0 Å². The molecule has 0 aliphatic carbocycles. The van der Waals surface area contributed by atoms with Crippen LogP contribution in [0.5, 0.6) is 5.75 Å². The van der Waals surface area contributed by atoms with Crippen LogP contribution in [-0.4, -0.2) is 18.6 Å². The fraction of sp³-hybridized carbons (Fsp3) is 0.350. The Morgan fingerprint density at radius 2 is 1.78 bits per heavy atom. The Morgan fingerprint density at radius 1 is 1.09 bits per heavy atom.